The average molecular weight is 317 g/mol. The molecule has 0 bridgehead atoms. The number of halogens is 1. The third-order valence-corrected chi connectivity index (χ3v) is 4.08. The number of hydrogen-bond donors (Lipinski definition) is 1. The molecule has 0 spiro atoms. The molecule has 2 aromatic carbocycles. The van der Waals surface area contributed by atoms with Gasteiger partial charge in [0, 0.05) is 28.0 Å². The standard InChI is InChI=1S/C15H13BrN2O/c16-13-9-11(5-6-14(13)17)18-8-7-10-3-1-2-4-12(10)15(18)19/h1-6,9H,7-8,17H2. The van der Waals surface area contributed by atoms with Crippen molar-refractivity contribution in [2.75, 3.05) is 17.2 Å². The molecular weight excluding hydrogens is 304 g/mol. The molecule has 0 fully saturated rings. The molecule has 19 heavy (non-hydrogen) atoms. The molecule has 0 aromatic heterocycles. The average Bonchev–Trinajstić information content (AvgIpc) is 2.43. The van der Waals surface area contributed by atoms with E-state index in [0.29, 0.717) is 12.2 Å². The Morgan fingerprint density at radius 1 is 1.16 bits per heavy atom. The summed E-state index contributed by atoms with van der Waals surface area (Å²) in [6.45, 7) is 0.701. The van der Waals surface area contributed by atoms with Crippen LogP contribution in [0.3, 0.4) is 0 Å². The van der Waals surface area contributed by atoms with Crippen LogP contribution in [0.4, 0.5) is 11.4 Å². The van der Waals surface area contributed by atoms with E-state index >= 15 is 0 Å². The zero-order chi connectivity index (χ0) is 13.4. The van der Waals surface area contributed by atoms with E-state index in [1.54, 1.807) is 4.90 Å². The van der Waals surface area contributed by atoms with Crippen molar-refractivity contribution in [1.82, 2.24) is 0 Å². The zero-order valence-corrected chi connectivity index (χ0v) is 11.9. The first kappa shape index (κ1) is 12.2. The van der Waals surface area contributed by atoms with Gasteiger partial charge >= 0.3 is 0 Å². The second-order valence-corrected chi connectivity index (χ2v) is 5.42. The van der Waals surface area contributed by atoms with Crippen LogP contribution in [-0.4, -0.2) is 12.5 Å². The predicted octanol–water partition coefficient (Wildman–Crippen LogP) is 3.23. The topological polar surface area (TPSA) is 46.3 Å². The van der Waals surface area contributed by atoms with Crippen LogP contribution in [0.25, 0.3) is 0 Å². The Bertz CT molecular complexity index is 654. The first-order chi connectivity index (χ1) is 9.16. The quantitative estimate of drug-likeness (QED) is 0.821. The van der Waals surface area contributed by atoms with Crippen LogP contribution >= 0.6 is 15.9 Å². The second-order valence-electron chi connectivity index (χ2n) is 4.57. The van der Waals surface area contributed by atoms with E-state index in [9.17, 15) is 4.79 Å². The summed E-state index contributed by atoms with van der Waals surface area (Å²) in [4.78, 5) is 14.3. The van der Waals surface area contributed by atoms with Crippen molar-refractivity contribution in [2.45, 2.75) is 6.42 Å². The fourth-order valence-electron chi connectivity index (χ4n) is 2.36. The molecule has 0 aliphatic carbocycles. The molecule has 1 aliphatic heterocycles. The van der Waals surface area contributed by atoms with Crippen LogP contribution in [-0.2, 0) is 6.42 Å². The molecular formula is C15H13BrN2O. The van der Waals surface area contributed by atoms with E-state index in [-0.39, 0.29) is 5.91 Å². The lowest BCUT2D eigenvalue weighted by molar-refractivity contribution is 0.0980. The molecule has 3 rings (SSSR count). The summed E-state index contributed by atoms with van der Waals surface area (Å²) >= 11 is 3.40. The first-order valence-corrected chi connectivity index (χ1v) is 6.91. The maximum absolute atomic E-state index is 12.5. The normalized spacial score (nSPS) is 14.4. The molecule has 1 aliphatic rings. The van der Waals surface area contributed by atoms with Crippen LogP contribution < -0.4 is 10.6 Å². The smallest absolute Gasteiger partial charge is 0.258 e. The molecule has 4 heteroatoms. The Morgan fingerprint density at radius 3 is 2.74 bits per heavy atom. The fourth-order valence-corrected chi connectivity index (χ4v) is 2.72. The number of nitrogens with zero attached hydrogens (tertiary/aromatic N) is 1. The summed E-state index contributed by atoms with van der Waals surface area (Å²) in [6.07, 6.45) is 0.879. The maximum Gasteiger partial charge on any atom is 0.258 e. The Balaban J connectivity index is 2.00. The highest BCUT2D eigenvalue weighted by Crippen LogP contribution is 2.29. The number of fused-ring (bicyclic) bond motifs is 1. The number of hydrogen-bond acceptors (Lipinski definition) is 2. The Morgan fingerprint density at radius 2 is 1.95 bits per heavy atom. The van der Waals surface area contributed by atoms with Gasteiger partial charge in [-0.15, -0.1) is 0 Å². The molecule has 2 aromatic rings. The van der Waals surface area contributed by atoms with E-state index in [1.807, 2.05) is 42.5 Å². The number of carbonyl (C=O) groups excluding carboxylic acids is 1. The van der Waals surface area contributed by atoms with Gasteiger partial charge < -0.3 is 10.6 Å². The highest BCUT2D eigenvalue weighted by Gasteiger charge is 2.25. The van der Waals surface area contributed by atoms with Crippen LogP contribution in [0.1, 0.15) is 15.9 Å². The lowest BCUT2D eigenvalue weighted by Gasteiger charge is -2.28. The van der Waals surface area contributed by atoms with Crippen LogP contribution in [0.15, 0.2) is 46.9 Å². The highest BCUT2D eigenvalue weighted by atomic mass is 79.9. The molecule has 0 saturated heterocycles. The van der Waals surface area contributed by atoms with E-state index in [1.165, 1.54) is 0 Å². The van der Waals surface area contributed by atoms with E-state index in [0.717, 1.165) is 27.7 Å². The van der Waals surface area contributed by atoms with E-state index < -0.39 is 0 Å². The van der Waals surface area contributed by atoms with Gasteiger partial charge in [0.25, 0.3) is 5.91 Å². The molecule has 1 heterocycles. The minimum absolute atomic E-state index is 0.0542. The van der Waals surface area contributed by atoms with Gasteiger partial charge in [-0.2, -0.15) is 0 Å². The summed E-state index contributed by atoms with van der Waals surface area (Å²) in [7, 11) is 0. The van der Waals surface area contributed by atoms with Crippen LogP contribution in [0.2, 0.25) is 0 Å². The zero-order valence-electron chi connectivity index (χ0n) is 10.3. The number of nitrogens with two attached hydrogens (primary N) is 1. The third kappa shape index (κ3) is 2.12. The molecule has 0 saturated carbocycles. The molecule has 0 unspecified atom stereocenters. The SMILES string of the molecule is Nc1ccc(N2CCc3ccccc3C2=O)cc1Br. The van der Waals surface area contributed by atoms with Crippen molar-refractivity contribution < 1.29 is 4.79 Å². The van der Waals surface area contributed by atoms with Gasteiger partial charge in [0.05, 0.1) is 0 Å². The summed E-state index contributed by atoms with van der Waals surface area (Å²) in [6, 6.07) is 13.4. The van der Waals surface area contributed by atoms with Gasteiger partial charge in [-0.3, -0.25) is 4.79 Å². The minimum atomic E-state index is 0.0542. The largest absolute Gasteiger partial charge is 0.398 e. The molecule has 1 amide bonds. The monoisotopic (exact) mass is 316 g/mol. The van der Waals surface area contributed by atoms with Gasteiger partial charge in [0.1, 0.15) is 0 Å². The summed E-state index contributed by atoms with van der Waals surface area (Å²) < 4.78 is 0.816. The molecule has 0 atom stereocenters. The second kappa shape index (κ2) is 4.70. The van der Waals surface area contributed by atoms with Gasteiger partial charge in [-0.1, -0.05) is 18.2 Å². The number of anilines is 2. The third-order valence-electron chi connectivity index (χ3n) is 3.39. The first-order valence-electron chi connectivity index (χ1n) is 6.11. The number of carbonyl (C=O) groups is 1. The molecule has 0 radical (unpaired) electrons. The van der Waals surface area contributed by atoms with E-state index in [4.69, 9.17) is 5.73 Å². The van der Waals surface area contributed by atoms with E-state index in [2.05, 4.69) is 15.9 Å². The van der Waals surface area contributed by atoms with Crippen LogP contribution in [0, 0.1) is 0 Å². The van der Waals surface area contributed by atoms with Crippen molar-refractivity contribution in [3.05, 3.63) is 58.1 Å². The highest BCUT2D eigenvalue weighted by molar-refractivity contribution is 9.10. The summed E-state index contributed by atoms with van der Waals surface area (Å²) in [5.41, 5.74) is 9.25. The van der Waals surface area contributed by atoms with Gasteiger partial charge in [0.15, 0.2) is 0 Å². The Hall–Kier alpha value is -1.81. The van der Waals surface area contributed by atoms with Crippen molar-refractivity contribution >= 4 is 33.2 Å². The number of nitrogen functional groups attached to an aromatic ring is 1. The van der Waals surface area contributed by atoms with Gasteiger partial charge in [-0.05, 0) is 52.2 Å². The lowest BCUT2D eigenvalue weighted by atomic mass is 9.98. The molecule has 96 valence electrons. The van der Waals surface area contributed by atoms with Crippen LogP contribution in [0.5, 0.6) is 0 Å². The van der Waals surface area contributed by atoms with Crippen molar-refractivity contribution in [3.63, 3.8) is 0 Å². The van der Waals surface area contributed by atoms with Gasteiger partial charge in [-0.25, -0.2) is 0 Å². The number of amides is 1. The summed E-state index contributed by atoms with van der Waals surface area (Å²) in [5.74, 6) is 0.0542. The Labute approximate surface area is 120 Å². The number of benzene rings is 2. The van der Waals surface area contributed by atoms with Crippen molar-refractivity contribution in [3.8, 4) is 0 Å². The van der Waals surface area contributed by atoms with Gasteiger partial charge in [0.2, 0.25) is 0 Å². The van der Waals surface area contributed by atoms with Crippen molar-refractivity contribution in [2.24, 2.45) is 0 Å². The maximum atomic E-state index is 12.5. The number of rotatable bonds is 1. The summed E-state index contributed by atoms with van der Waals surface area (Å²) in [5, 5.41) is 0. The minimum Gasteiger partial charge on any atom is -0.398 e. The molecule has 2 N–H and O–H groups in total. The predicted molar refractivity (Wildman–Crippen MR) is 80.4 cm³/mol. The fraction of sp³-hybridized carbons (Fsp3) is 0.133. The van der Waals surface area contributed by atoms with Crippen molar-refractivity contribution in [1.29, 1.82) is 0 Å². The molecule has 3 nitrogen and oxygen atoms in total. The lowest BCUT2D eigenvalue weighted by Crippen LogP contribution is -2.37. The Kier molecular flexibility index (Phi) is 3.03.